The Morgan fingerprint density at radius 2 is 1.75 bits per heavy atom. The summed E-state index contributed by atoms with van der Waals surface area (Å²) in [6.07, 6.45) is 5.22. The number of amides is 2. The van der Waals surface area contributed by atoms with Gasteiger partial charge in [0.25, 0.3) is 5.91 Å². The third-order valence-corrected chi connectivity index (χ3v) is 6.42. The van der Waals surface area contributed by atoms with E-state index in [2.05, 4.69) is 5.32 Å². The molecule has 8 heteroatoms. The van der Waals surface area contributed by atoms with Gasteiger partial charge in [-0.3, -0.25) is 19.3 Å². The highest BCUT2D eigenvalue weighted by atomic mass is 16.5. The second-order valence-corrected chi connectivity index (χ2v) is 8.73. The smallest absolute Gasteiger partial charge is 0.294 e. The zero-order chi connectivity index (χ0) is 25.7. The SMILES string of the molecule is COc1cccc([C@@H](C(=O)NC2CCCC2)N(C(=O)c2ccco2)c2cccc(C(C)=O)c2)c1OC. The Balaban J connectivity index is 1.92. The number of anilines is 1. The number of nitrogens with zero attached hydrogens (tertiary/aromatic N) is 1. The molecular formula is C28H30N2O6. The van der Waals surface area contributed by atoms with Crippen molar-refractivity contribution in [3.63, 3.8) is 0 Å². The van der Waals surface area contributed by atoms with Gasteiger partial charge in [-0.2, -0.15) is 0 Å². The largest absolute Gasteiger partial charge is 0.493 e. The fourth-order valence-electron chi connectivity index (χ4n) is 4.65. The summed E-state index contributed by atoms with van der Waals surface area (Å²) in [6.45, 7) is 1.45. The lowest BCUT2D eigenvalue weighted by atomic mass is 9.99. The Morgan fingerprint density at radius 1 is 1.00 bits per heavy atom. The van der Waals surface area contributed by atoms with Crippen LogP contribution < -0.4 is 19.7 Å². The van der Waals surface area contributed by atoms with E-state index in [-0.39, 0.29) is 23.5 Å². The molecule has 0 bridgehead atoms. The second-order valence-electron chi connectivity index (χ2n) is 8.73. The van der Waals surface area contributed by atoms with Crippen molar-refractivity contribution in [1.82, 2.24) is 5.32 Å². The molecule has 188 valence electrons. The average Bonchev–Trinajstić information content (AvgIpc) is 3.61. The number of nitrogens with one attached hydrogen (secondary N) is 1. The summed E-state index contributed by atoms with van der Waals surface area (Å²) in [5.41, 5.74) is 1.23. The van der Waals surface area contributed by atoms with E-state index in [1.54, 1.807) is 54.6 Å². The third kappa shape index (κ3) is 5.12. The van der Waals surface area contributed by atoms with E-state index >= 15 is 0 Å². The summed E-state index contributed by atoms with van der Waals surface area (Å²) in [6, 6.07) is 13.9. The predicted octanol–water partition coefficient (Wildman–Crippen LogP) is 4.95. The lowest BCUT2D eigenvalue weighted by molar-refractivity contribution is -0.123. The number of methoxy groups -OCH3 is 2. The van der Waals surface area contributed by atoms with Crippen LogP contribution in [-0.4, -0.2) is 37.9 Å². The molecule has 4 rings (SSSR count). The Morgan fingerprint density at radius 3 is 2.39 bits per heavy atom. The van der Waals surface area contributed by atoms with Crippen LogP contribution >= 0.6 is 0 Å². The third-order valence-electron chi connectivity index (χ3n) is 6.42. The van der Waals surface area contributed by atoms with Gasteiger partial charge in [0.05, 0.1) is 20.5 Å². The summed E-state index contributed by atoms with van der Waals surface area (Å²) in [5, 5.41) is 3.13. The quantitative estimate of drug-likeness (QED) is 0.427. The van der Waals surface area contributed by atoms with Gasteiger partial charge in [-0.05, 0) is 50.1 Å². The van der Waals surface area contributed by atoms with Gasteiger partial charge in [-0.1, -0.05) is 37.1 Å². The van der Waals surface area contributed by atoms with Gasteiger partial charge >= 0.3 is 0 Å². The van der Waals surface area contributed by atoms with Crippen molar-refractivity contribution in [3.8, 4) is 11.5 Å². The fourth-order valence-corrected chi connectivity index (χ4v) is 4.65. The number of ether oxygens (including phenoxy) is 2. The van der Waals surface area contributed by atoms with Gasteiger partial charge in [0, 0.05) is 22.9 Å². The van der Waals surface area contributed by atoms with E-state index < -0.39 is 11.9 Å². The van der Waals surface area contributed by atoms with Gasteiger partial charge in [-0.15, -0.1) is 0 Å². The van der Waals surface area contributed by atoms with Crippen LogP contribution in [0.4, 0.5) is 5.69 Å². The highest BCUT2D eigenvalue weighted by molar-refractivity contribution is 6.09. The Hall–Kier alpha value is -4.07. The molecule has 2 aromatic carbocycles. The van der Waals surface area contributed by atoms with E-state index in [0.29, 0.717) is 28.3 Å². The first-order valence-electron chi connectivity index (χ1n) is 11.9. The van der Waals surface area contributed by atoms with Gasteiger partial charge in [0.2, 0.25) is 5.91 Å². The highest BCUT2D eigenvalue weighted by Gasteiger charge is 2.38. The number of para-hydroxylation sites is 1. The van der Waals surface area contributed by atoms with Crippen molar-refractivity contribution in [3.05, 3.63) is 77.7 Å². The molecule has 0 unspecified atom stereocenters. The first-order chi connectivity index (χ1) is 17.4. The number of rotatable bonds is 9. The molecule has 1 fully saturated rings. The maximum atomic E-state index is 14.0. The van der Waals surface area contributed by atoms with Crippen LogP contribution in [0.1, 0.15) is 65.1 Å². The molecule has 0 spiro atoms. The van der Waals surface area contributed by atoms with Crippen LogP contribution in [0, 0.1) is 0 Å². The van der Waals surface area contributed by atoms with Crippen LogP contribution in [0.25, 0.3) is 0 Å². The second kappa shape index (κ2) is 11.1. The van der Waals surface area contributed by atoms with Gasteiger partial charge < -0.3 is 19.2 Å². The lowest BCUT2D eigenvalue weighted by Crippen LogP contribution is -2.46. The van der Waals surface area contributed by atoms with E-state index in [1.165, 1.54) is 32.3 Å². The van der Waals surface area contributed by atoms with E-state index in [9.17, 15) is 14.4 Å². The fraction of sp³-hybridized carbons (Fsp3) is 0.321. The molecule has 1 aliphatic carbocycles. The molecule has 1 atom stereocenters. The minimum Gasteiger partial charge on any atom is -0.493 e. The number of carbonyl (C=O) groups excluding carboxylic acids is 3. The van der Waals surface area contributed by atoms with Crippen molar-refractivity contribution in [2.24, 2.45) is 0 Å². The first-order valence-corrected chi connectivity index (χ1v) is 11.9. The van der Waals surface area contributed by atoms with Crippen molar-refractivity contribution in [2.45, 2.75) is 44.7 Å². The van der Waals surface area contributed by atoms with Gasteiger partial charge in [-0.25, -0.2) is 0 Å². The summed E-state index contributed by atoms with van der Waals surface area (Å²) in [5.74, 6) is -0.223. The van der Waals surface area contributed by atoms with Crippen LogP contribution in [0.15, 0.2) is 65.3 Å². The van der Waals surface area contributed by atoms with E-state index in [1.807, 2.05) is 0 Å². The Kier molecular flexibility index (Phi) is 7.73. The van der Waals surface area contributed by atoms with Gasteiger partial charge in [0.1, 0.15) is 6.04 Å². The normalized spacial score (nSPS) is 14.2. The maximum Gasteiger partial charge on any atom is 0.294 e. The number of hydrogen-bond acceptors (Lipinski definition) is 6. The highest BCUT2D eigenvalue weighted by Crippen LogP contribution is 2.40. The molecule has 1 saturated carbocycles. The molecule has 3 aromatic rings. The van der Waals surface area contributed by atoms with E-state index in [4.69, 9.17) is 13.9 Å². The standard InChI is InChI=1S/C28H30N2O6/c1-18(31)19-9-6-12-21(17-19)30(28(33)24-15-8-16-36-24)25(27(32)29-20-10-4-5-11-20)22-13-7-14-23(34-2)26(22)35-3/h6-9,12-17,20,25H,4-5,10-11H2,1-3H3,(H,29,32)/t25-/m0/s1. The topological polar surface area (TPSA) is 98.1 Å². The molecule has 1 aliphatic rings. The molecule has 0 radical (unpaired) electrons. The number of furan rings is 1. The Labute approximate surface area is 210 Å². The van der Waals surface area contributed by atoms with Crippen molar-refractivity contribution in [1.29, 1.82) is 0 Å². The molecule has 1 N–H and O–H groups in total. The zero-order valence-electron chi connectivity index (χ0n) is 20.7. The van der Waals surface area contributed by atoms with Crippen LogP contribution in [0.3, 0.4) is 0 Å². The van der Waals surface area contributed by atoms with Gasteiger partial charge in [0.15, 0.2) is 23.0 Å². The summed E-state index contributed by atoms with van der Waals surface area (Å²) in [7, 11) is 3.00. The number of ketones is 1. The number of carbonyl (C=O) groups is 3. The van der Waals surface area contributed by atoms with Crippen LogP contribution in [0.2, 0.25) is 0 Å². The minimum atomic E-state index is -1.13. The molecule has 1 heterocycles. The van der Waals surface area contributed by atoms with Crippen molar-refractivity contribution in [2.75, 3.05) is 19.1 Å². The predicted molar refractivity (Wildman–Crippen MR) is 135 cm³/mol. The van der Waals surface area contributed by atoms with Crippen LogP contribution in [0.5, 0.6) is 11.5 Å². The molecule has 2 amide bonds. The Bertz CT molecular complexity index is 1230. The minimum absolute atomic E-state index is 0.0146. The summed E-state index contributed by atoms with van der Waals surface area (Å²) < 4.78 is 16.6. The number of benzene rings is 2. The van der Waals surface area contributed by atoms with E-state index in [0.717, 1.165) is 25.7 Å². The van der Waals surface area contributed by atoms with Crippen LogP contribution in [-0.2, 0) is 4.79 Å². The number of Topliss-reactive ketones (excluding diaryl/α,β-unsaturated/α-hetero) is 1. The average molecular weight is 491 g/mol. The monoisotopic (exact) mass is 490 g/mol. The molecule has 0 aliphatic heterocycles. The maximum absolute atomic E-state index is 14.0. The molecule has 8 nitrogen and oxygen atoms in total. The number of hydrogen-bond donors (Lipinski definition) is 1. The van der Waals surface area contributed by atoms with Crippen molar-refractivity contribution >= 4 is 23.3 Å². The molecule has 1 aromatic heterocycles. The molecule has 0 saturated heterocycles. The zero-order valence-corrected chi connectivity index (χ0v) is 20.7. The molecule has 36 heavy (non-hydrogen) atoms. The lowest BCUT2D eigenvalue weighted by Gasteiger charge is -2.33. The van der Waals surface area contributed by atoms with Crippen molar-refractivity contribution < 1.29 is 28.3 Å². The first kappa shape index (κ1) is 25.0. The summed E-state index contributed by atoms with van der Waals surface area (Å²) >= 11 is 0. The molecular weight excluding hydrogens is 460 g/mol. The summed E-state index contributed by atoms with van der Waals surface area (Å²) in [4.78, 5) is 41.4.